The monoisotopic (exact) mass is 453 g/mol. The lowest BCUT2D eigenvalue weighted by Gasteiger charge is -2.07. The summed E-state index contributed by atoms with van der Waals surface area (Å²) in [6.07, 6.45) is 0.640. The Morgan fingerprint density at radius 2 is 2.10 bits per heavy atom. The van der Waals surface area contributed by atoms with Crippen LogP contribution >= 0.6 is 34.3 Å². The third-order valence-corrected chi connectivity index (χ3v) is 6.80. The minimum absolute atomic E-state index is 0.127. The quantitative estimate of drug-likeness (QED) is 0.405. The van der Waals surface area contributed by atoms with E-state index in [9.17, 15) is 10.1 Å². The fourth-order valence-corrected chi connectivity index (χ4v) is 5.24. The summed E-state index contributed by atoms with van der Waals surface area (Å²) in [5, 5.41) is 15.7. The number of halogens is 1. The van der Waals surface area contributed by atoms with Gasteiger partial charge in [-0.1, -0.05) is 29.8 Å². The summed E-state index contributed by atoms with van der Waals surface area (Å²) in [7, 11) is 0. The molecule has 0 unspecified atom stereocenters. The van der Waals surface area contributed by atoms with Crippen molar-refractivity contribution >= 4 is 61.9 Å². The maximum Gasteiger partial charge on any atom is 0.263 e. The van der Waals surface area contributed by atoms with Crippen molar-refractivity contribution < 1.29 is 4.79 Å². The number of anilines is 2. The Hall–Kier alpha value is -3.12. The number of aromatic nitrogens is 1. The van der Waals surface area contributed by atoms with Gasteiger partial charge in [0.15, 0.2) is 0 Å². The lowest BCUT2D eigenvalue weighted by atomic mass is 10.0. The van der Waals surface area contributed by atoms with Crippen molar-refractivity contribution in [2.45, 2.75) is 6.42 Å². The van der Waals surface area contributed by atoms with Gasteiger partial charge in [-0.05, 0) is 35.6 Å². The number of fused-ring (bicyclic) bond motifs is 1. The van der Waals surface area contributed by atoms with Gasteiger partial charge >= 0.3 is 0 Å². The molecule has 30 heavy (non-hydrogen) atoms. The van der Waals surface area contributed by atoms with Gasteiger partial charge in [0.25, 0.3) is 5.91 Å². The van der Waals surface area contributed by atoms with Gasteiger partial charge in [0.2, 0.25) is 0 Å². The molecule has 0 atom stereocenters. The van der Waals surface area contributed by atoms with Crippen LogP contribution in [0.15, 0.2) is 41.8 Å². The first-order chi connectivity index (χ1) is 14.5. The van der Waals surface area contributed by atoms with Crippen LogP contribution in [0, 0.1) is 11.3 Å². The number of nitriles is 1. The van der Waals surface area contributed by atoms with Crippen molar-refractivity contribution in [1.29, 1.82) is 5.26 Å². The van der Waals surface area contributed by atoms with Crippen LogP contribution in [-0.4, -0.2) is 17.4 Å². The van der Waals surface area contributed by atoms with Gasteiger partial charge in [-0.3, -0.25) is 4.79 Å². The number of thiophene rings is 2. The SMILES string of the molecule is N#Cc1c(N)nc2sc(C(=O)NCCc3cccc(Cl)c3)c(N)c2c1-c1cccs1. The number of benzene rings is 1. The fourth-order valence-electron chi connectivity index (χ4n) is 3.21. The largest absolute Gasteiger partial charge is 0.397 e. The Labute approximate surface area is 185 Å². The number of carbonyl (C=O) groups is 1. The van der Waals surface area contributed by atoms with Gasteiger partial charge in [0, 0.05) is 27.4 Å². The van der Waals surface area contributed by atoms with Crippen molar-refractivity contribution in [3.8, 4) is 16.5 Å². The molecule has 0 aliphatic carbocycles. The number of rotatable bonds is 5. The minimum Gasteiger partial charge on any atom is -0.397 e. The Kier molecular flexibility index (Phi) is 5.59. The second-order valence-electron chi connectivity index (χ2n) is 6.50. The molecule has 150 valence electrons. The first-order valence-electron chi connectivity index (χ1n) is 8.97. The lowest BCUT2D eigenvalue weighted by molar-refractivity contribution is 0.0959. The highest BCUT2D eigenvalue weighted by Gasteiger charge is 2.24. The molecule has 6 nitrogen and oxygen atoms in total. The molecule has 4 aromatic rings. The van der Waals surface area contributed by atoms with Crippen LogP contribution in [-0.2, 0) is 6.42 Å². The molecule has 3 heterocycles. The molecule has 0 spiro atoms. The Morgan fingerprint density at radius 1 is 1.27 bits per heavy atom. The summed E-state index contributed by atoms with van der Waals surface area (Å²) in [5.41, 5.74) is 14.6. The molecular weight excluding hydrogens is 438 g/mol. The lowest BCUT2D eigenvalue weighted by Crippen LogP contribution is -2.25. The zero-order chi connectivity index (χ0) is 21.3. The van der Waals surface area contributed by atoms with Gasteiger partial charge in [0.05, 0.1) is 5.69 Å². The average Bonchev–Trinajstić information content (AvgIpc) is 3.35. The van der Waals surface area contributed by atoms with Crippen molar-refractivity contribution in [3.63, 3.8) is 0 Å². The number of nitrogens with zero attached hydrogens (tertiary/aromatic N) is 2. The van der Waals surface area contributed by atoms with E-state index in [-0.39, 0.29) is 17.3 Å². The molecule has 0 aliphatic rings. The Bertz CT molecular complexity index is 1290. The third kappa shape index (κ3) is 3.71. The number of amides is 1. The maximum atomic E-state index is 12.8. The molecule has 3 aromatic heterocycles. The van der Waals surface area contributed by atoms with Crippen LogP contribution in [0.5, 0.6) is 0 Å². The van der Waals surface area contributed by atoms with E-state index in [1.807, 2.05) is 35.7 Å². The summed E-state index contributed by atoms with van der Waals surface area (Å²) >= 11 is 8.64. The summed E-state index contributed by atoms with van der Waals surface area (Å²) < 4.78 is 0. The number of nitrogen functional groups attached to an aromatic ring is 2. The molecule has 0 fully saturated rings. The van der Waals surface area contributed by atoms with Crippen molar-refractivity contribution in [2.75, 3.05) is 18.0 Å². The van der Waals surface area contributed by atoms with E-state index in [0.717, 1.165) is 10.4 Å². The third-order valence-electron chi connectivity index (χ3n) is 4.58. The molecule has 1 amide bonds. The topological polar surface area (TPSA) is 118 Å². The van der Waals surface area contributed by atoms with E-state index in [0.29, 0.717) is 44.3 Å². The Balaban J connectivity index is 1.67. The molecule has 0 radical (unpaired) electrons. The highest BCUT2D eigenvalue weighted by molar-refractivity contribution is 7.21. The van der Waals surface area contributed by atoms with Crippen molar-refractivity contribution in [2.24, 2.45) is 0 Å². The van der Waals surface area contributed by atoms with E-state index < -0.39 is 0 Å². The number of hydrogen-bond donors (Lipinski definition) is 3. The molecule has 0 bridgehead atoms. The normalized spacial score (nSPS) is 10.8. The standard InChI is InChI=1S/C21H16ClN5OS2/c22-12-4-1-3-11(9-12)6-7-26-20(28)18-17(24)16-15(14-5-2-8-29-14)13(10-23)19(25)27-21(16)30-18/h1-5,8-9H,6-7,24H2,(H2,25,27)(H,26,28). The highest BCUT2D eigenvalue weighted by Crippen LogP contribution is 2.43. The van der Waals surface area contributed by atoms with E-state index in [2.05, 4.69) is 16.4 Å². The summed E-state index contributed by atoms with van der Waals surface area (Å²) in [6, 6.07) is 13.4. The zero-order valence-electron chi connectivity index (χ0n) is 15.6. The molecule has 1 aromatic carbocycles. The smallest absolute Gasteiger partial charge is 0.263 e. The summed E-state index contributed by atoms with van der Waals surface area (Å²) in [5.74, 6) is -0.158. The number of pyridine rings is 1. The predicted molar refractivity (Wildman–Crippen MR) is 124 cm³/mol. The van der Waals surface area contributed by atoms with E-state index in [1.54, 1.807) is 6.07 Å². The van der Waals surface area contributed by atoms with Crippen LogP contribution in [0.2, 0.25) is 5.02 Å². The van der Waals surface area contributed by atoms with E-state index in [4.69, 9.17) is 23.1 Å². The van der Waals surface area contributed by atoms with Crippen LogP contribution < -0.4 is 16.8 Å². The molecule has 5 N–H and O–H groups in total. The molecule has 0 saturated heterocycles. The Morgan fingerprint density at radius 3 is 2.80 bits per heavy atom. The summed E-state index contributed by atoms with van der Waals surface area (Å²) in [4.78, 5) is 18.9. The minimum atomic E-state index is -0.285. The van der Waals surface area contributed by atoms with Crippen LogP contribution in [0.25, 0.3) is 20.7 Å². The highest BCUT2D eigenvalue weighted by atomic mass is 35.5. The van der Waals surface area contributed by atoms with Crippen molar-refractivity contribution in [3.05, 3.63) is 62.8 Å². The average molecular weight is 454 g/mol. The van der Waals surface area contributed by atoms with E-state index in [1.165, 1.54) is 22.7 Å². The predicted octanol–water partition coefficient (Wildman–Crippen LogP) is 4.69. The molecule has 0 saturated carbocycles. The van der Waals surface area contributed by atoms with Crippen molar-refractivity contribution in [1.82, 2.24) is 10.3 Å². The van der Waals surface area contributed by atoms with Crippen LogP contribution in [0.4, 0.5) is 11.5 Å². The first kappa shape index (κ1) is 20.2. The van der Waals surface area contributed by atoms with Gasteiger partial charge in [-0.15, -0.1) is 22.7 Å². The molecular formula is C21H16ClN5OS2. The van der Waals surface area contributed by atoms with Crippen LogP contribution in [0.1, 0.15) is 20.8 Å². The number of hydrogen-bond acceptors (Lipinski definition) is 7. The van der Waals surface area contributed by atoms with Gasteiger partial charge in [0.1, 0.15) is 27.2 Å². The van der Waals surface area contributed by atoms with Gasteiger partial charge in [-0.25, -0.2) is 4.98 Å². The second kappa shape index (κ2) is 8.32. The number of nitrogens with one attached hydrogen (secondary N) is 1. The molecule has 9 heteroatoms. The first-order valence-corrected chi connectivity index (χ1v) is 11.0. The number of nitrogens with two attached hydrogens (primary N) is 2. The number of carbonyl (C=O) groups excluding carboxylic acids is 1. The maximum absolute atomic E-state index is 12.8. The molecule has 4 rings (SSSR count). The zero-order valence-corrected chi connectivity index (χ0v) is 18.0. The van der Waals surface area contributed by atoms with Gasteiger partial charge in [-0.2, -0.15) is 5.26 Å². The molecule has 0 aliphatic heterocycles. The fraction of sp³-hybridized carbons (Fsp3) is 0.0952. The van der Waals surface area contributed by atoms with Gasteiger partial charge < -0.3 is 16.8 Å². The second-order valence-corrected chi connectivity index (χ2v) is 8.88. The van der Waals surface area contributed by atoms with E-state index >= 15 is 0 Å². The van der Waals surface area contributed by atoms with Crippen LogP contribution in [0.3, 0.4) is 0 Å². The summed E-state index contributed by atoms with van der Waals surface area (Å²) in [6.45, 7) is 0.434.